The van der Waals surface area contributed by atoms with Crippen molar-refractivity contribution >= 4 is 11.5 Å². The second kappa shape index (κ2) is 5.12. The van der Waals surface area contributed by atoms with Gasteiger partial charge in [-0.2, -0.15) is 0 Å². The number of rotatable bonds is 2. The first-order valence-electron chi connectivity index (χ1n) is 6.43. The Morgan fingerprint density at radius 1 is 1.22 bits per heavy atom. The molecule has 2 rings (SSSR count). The Morgan fingerprint density at radius 2 is 1.89 bits per heavy atom. The van der Waals surface area contributed by atoms with Crippen molar-refractivity contribution < 1.29 is 0 Å². The highest BCUT2D eigenvalue weighted by Gasteiger charge is 2.25. The highest BCUT2D eigenvalue weighted by molar-refractivity contribution is 5.53. The molecule has 1 aromatic rings. The van der Waals surface area contributed by atoms with Crippen LogP contribution in [0.2, 0.25) is 0 Å². The third-order valence-corrected chi connectivity index (χ3v) is 3.48. The molecule has 1 aliphatic rings. The standard InChI is InChI=1S/C13H23N5/c1-13(2,3)18-8-6-17(7-9-18)11-4-5-15-12(10-11)16-14/h4-5,10H,6-9,14H2,1-3H3,(H,15,16). The van der Waals surface area contributed by atoms with Gasteiger partial charge in [-0.1, -0.05) is 0 Å². The maximum Gasteiger partial charge on any atom is 0.141 e. The van der Waals surface area contributed by atoms with Crippen molar-refractivity contribution in [1.82, 2.24) is 9.88 Å². The van der Waals surface area contributed by atoms with E-state index in [4.69, 9.17) is 5.84 Å². The van der Waals surface area contributed by atoms with Crippen molar-refractivity contribution in [2.45, 2.75) is 26.3 Å². The minimum atomic E-state index is 0.258. The number of aromatic nitrogens is 1. The molecule has 1 fully saturated rings. The van der Waals surface area contributed by atoms with Gasteiger partial charge in [0.1, 0.15) is 5.82 Å². The topological polar surface area (TPSA) is 57.4 Å². The summed E-state index contributed by atoms with van der Waals surface area (Å²) in [7, 11) is 0. The van der Waals surface area contributed by atoms with E-state index in [0.717, 1.165) is 26.2 Å². The predicted molar refractivity (Wildman–Crippen MR) is 75.6 cm³/mol. The molecule has 100 valence electrons. The van der Waals surface area contributed by atoms with Gasteiger partial charge < -0.3 is 10.3 Å². The Morgan fingerprint density at radius 3 is 2.44 bits per heavy atom. The lowest BCUT2D eigenvalue weighted by Gasteiger charge is -2.43. The maximum atomic E-state index is 5.39. The lowest BCUT2D eigenvalue weighted by Crippen LogP contribution is -2.53. The van der Waals surface area contributed by atoms with Crippen molar-refractivity contribution in [2.24, 2.45) is 5.84 Å². The number of hydrogen-bond acceptors (Lipinski definition) is 5. The van der Waals surface area contributed by atoms with Crippen LogP contribution in [0.1, 0.15) is 20.8 Å². The molecule has 0 amide bonds. The molecular formula is C13H23N5. The van der Waals surface area contributed by atoms with Crippen molar-refractivity contribution in [3.8, 4) is 0 Å². The van der Waals surface area contributed by atoms with Crippen LogP contribution in [0, 0.1) is 0 Å². The summed E-state index contributed by atoms with van der Waals surface area (Å²) < 4.78 is 0. The van der Waals surface area contributed by atoms with Crippen LogP contribution in [0.5, 0.6) is 0 Å². The number of anilines is 2. The van der Waals surface area contributed by atoms with E-state index >= 15 is 0 Å². The molecule has 0 radical (unpaired) electrons. The normalized spacial score (nSPS) is 17.9. The maximum absolute atomic E-state index is 5.39. The zero-order valence-electron chi connectivity index (χ0n) is 11.5. The quantitative estimate of drug-likeness (QED) is 0.611. The zero-order chi connectivity index (χ0) is 13.2. The van der Waals surface area contributed by atoms with Gasteiger partial charge in [0, 0.05) is 49.7 Å². The minimum absolute atomic E-state index is 0.258. The summed E-state index contributed by atoms with van der Waals surface area (Å²) >= 11 is 0. The summed E-state index contributed by atoms with van der Waals surface area (Å²) in [6.07, 6.45) is 1.79. The molecule has 18 heavy (non-hydrogen) atoms. The van der Waals surface area contributed by atoms with Gasteiger partial charge in [-0.3, -0.25) is 4.90 Å². The first kappa shape index (κ1) is 13.1. The number of hydrogen-bond donors (Lipinski definition) is 2. The molecule has 0 spiro atoms. The van der Waals surface area contributed by atoms with Gasteiger partial charge in [0.15, 0.2) is 0 Å². The molecule has 0 aromatic carbocycles. The van der Waals surface area contributed by atoms with Gasteiger partial charge in [0.2, 0.25) is 0 Å². The lowest BCUT2D eigenvalue weighted by atomic mass is 10.0. The number of hydrazine groups is 1. The molecule has 0 bridgehead atoms. The minimum Gasteiger partial charge on any atom is -0.369 e. The van der Waals surface area contributed by atoms with Crippen LogP contribution < -0.4 is 16.2 Å². The van der Waals surface area contributed by atoms with Crippen molar-refractivity contribution in [3.05, 3.63) is 18.3 Å². The highest BCUT2D eigenvalue weighted by atomic mass is 15.3. The van der Waals surface area contributed by atoms with E-state index in [2.05, 4.69) is 41.0 Å². The van der Waals surface area contributed by atoms with Crippen molar-refractivity contribution in [3.63, 3.8) is 0 Å². The van der Waals surface area contributed by atoms with E-state index in [1.807, 2.05) is 12.1 Å². The number of nitrogens with zero attached hydrogens (tertiary/aromatic N) is 3. The largest absolute Gasteiger partial charge is 0.369 e. The van der Waals surface area contributed by atoms with E-state index < -0.39 is 0 Å². The summed E-state index contributed by atoms with van der Waals surface area (Å²) in [5.41, 5.74) is 4.04. The molecule has 1 saturated heterocycles. The Balaban J connectivity index is 2.01. The number of piperazine rings is 1. The Bertz CT molecular complexity index is 391. The highest BCUT2D eigenvalue weighted by Crippen LogP contribution is 2.21. The van der Waals surface area contributed by atoms with Crippen LogP contribution in [0.3, 0.4) is 0 Å². The monoisotopic (exact) mass is 249 g/mol. The van der Waals surface area contributed by atoms with Crippen molar-refractivity contribution in [2.75, 3.05) is 36.5 Å². The van der Waals surface area contributed by atoms with E-state index in [1.54, 1.807) is 6.20 Å². The summed E-state index contributed by atoms with van der Waals surface area (Å²) in [5, 5.41) is 0. The first-order valence-corrected chi connectivity index (χ1v) is 6.43. The summed E-state index contributed by atoms with van der Waals surface area (Å²) in [6.45, 7) is 11.1. The number of nitrogens with one attached hydrogen (secondary N) is 1. The SMILES string of the molecule is CC(C)(C)N1CCN(c2ccnc(NN)c2)CC1. The third-order valence-electron chi connectivity index (χ3n) is 3.48. The molecule has 5 nitrogen and oxygen atoms in total. The third kappa shape index (κ3) is 2.91. The fourth-order valence-corrected chi connectivity index (χ4v) is 2.33. The number of nitrogens with two attached hydrogens (primary N) is 1. The van der Waals surface area contributed by atoms with Gasteiger partial charge in [-0.15, -0.1) is 0 Å². The first-order chi connectivity index (χ1) is 8.50. The molecule has 0 atom stereocenters. The molecule has 3 N–H and O–H groups in total. The van der Waals surface area contributed by atoms with Gasteiger partial charge in [-0.05, 0) is 26.8 Å². The Labute approximate surface area is 109 Å². The van der Waals surface area contributed by atoms with Crippen LogP contribution in [-0.4, -0.2) is 41.6 Å². The molecule has 0 saturated carbocycles. The summed E-state index contributed by atoms with van der Waals surface area (Å²) in [6, 6.07) is 4.03. The van der Waals surface area contributed by atoms with E-state index in [9.17, 15) is 0 Å². The Kier molecular flexibility index (Phi) is 3.73. The smallest absolute Gasteiger partial charge is 0.141 e. The molecule has 1 aliphatic heterocycles. The fraction of sp³-hybridized carbons (Fsp3) is 0.615. The van der Waals surface area contributed by atoms with Crippen LogP contribution >= 0.6 is 0 Å². The van der Waals surface area contributed by atoms with Gasteiger partial charge >= 0.3 is 0 Å². The number of pyridine rings is 1. The lowest BCUT2D eigenvalue weighted by molar-refractivity contribution is 0.128. The predicted octanol–water partition coefficient (Wildman–Crippen LogP) is 1.29. The Hall–Kier alpha value is -1.33. The van der Waals surface area contributed by atoms with Crippen LogP contribution in [0.15, 0.2) is 18.3 Å². The van der Waals surface area contributed by atoms with Crippen LogP contribution in [0.4, 0.5) is 11.5 Å². The average molecular weight is 249 g/mol. The molecule has 0 aliphatic carbocycles. The van der Waals surface area contributed by atoms with Crippen LogP contribution in [-0.2, 0) is 0 Å². The van der Waals surface area contributed by atoms with Gasteiger partial charge in [0.25, 0.3) is 0 Å². The summed E-state index contributed by atoms with van der Waals surface area (Å²) in [5.74, 6) is 6.10. The molecule has 5 heteroatoms. The average Bonchev–Trinajstić information content (AvgIpc) is 2.38. The fourth-order valence-electron chi connectivity index (χ4n) is 2.33. The second-order valence-corrected chi connectivity index (χ2v) is 5.69. The van der Waals surface area contributed by atoms with Gasteiger partial charge in [0.05, 0.1) is 0 Å². The van der Waals surface area contributed by atoms with E-state index in [0.29, 0.717) is 5.82 Å². The second-order valence-electron chi connectivity index (χ2n) is 5.69. The molecular weight excluding hydrogens is 226 g/mol. The van der Waals surface area contributed by atoms with Crippen LogP contribution in [0.25, 0.3) is 0 Å². The van der Waals surface area contributed by atoms with E-state index in [-0.39, 0.29) is 5.54 Å². The van der Waals surface area contributed by atoms with Gasteiger partial charge in [-0.25, -0.2) is 10.8 Å². The zero-order valence-corrected chi connectivity index (χ0v) is 11.5. The molecule has 0 unspecified atom stereocenters. The molecule has 1 aromatic heterocycles. The van der Waals surface area contributed by atoms with Crippen molar-refractivity contribution in [1.29, 1.82) is 0 Å². The number of nitrogen functional groups attached to an aromatic ring is 1. The summed E-state index contributed by atoms with van der Waals surface area (Å²) in [4.78, 5) is 9.03. The molecule has 2 heterocycles. The van der Waals surface area contributed by atoms with E-state index in [1.165, 1.54) is 5.69 Å².